The highest BCUT2D eigenvalue weighted by Crippen LogP contribution is 2.18. The van der Waals surface area contributed by atoms with Gasteiger partial charge in [-0.1, -0.05) is 43.3 Å². The second-order valence-electron chi connectivity index (χ2n) is 5.35. The summed E-state index contributed by atoms with van der Waals surface area (Å²) < 4.78 is 14.7. The molecule has 7 nitrogen and oxygen atoms in total. The molecule has 0 atom stereocenters. The molecule has 0 radical (unpaired) electrons. The number of tetrazole rings is 1. The van der Waals surface area contributed by atoms with Crippen molar-refractivity contribution < 1.29 is 4.39 Å². The molecule has 1 aromatic carbocycles. The summed E-state index contributed by atoms with van der Waals surface area (Å²) in [4.78, 5) is 4.39. The minimum Gasteiger partial charge on any atom is -0.259 e. The summed E-state index contributed by atoms with van der Waals surface area (Å²) in [6.45, 7) is 2.95. The predicted octanol–water partition coefficient (Wildman–Crippen LogP) is 3.19. The van der Waals surface area contributed by atoms with Crippen molar-refractivity contribution in [1.82, 2.24) is 35.4 Å². The van der Waals surface area contributed by atoms with Crippen LogP contribution < -0.4 is 0 Å². The lowest BCUT2D eigenvalue weighted by atomic mass is 10.2. The molecule has 0 unspecified atom stereocenters. The molecule has 0 saturated carbocycles. The Hall–Kier alpha value is -2.55. The van der Waals surface area contributed by atoms with Crippen LogP contribution in [0.3, 0.4) is 0 Å². The van der Waals surface area contributed by atoms with E-state index < -0.39 is 0 Å². The third-order valence-corrected chi connectivity index (χ3v) is 4.29. The van der Waals surface area contributed by atoms with Crippen molar-refractivity contribution >= 4 is 23.9 Å². The fourth-order valence-corrected chi connectivity index (χ4v) is 2.82. The molecule has 1 N–H and O–H groups in total. The van der Waals surface area contributed by atoms with Gasteiger partial charge in [0.2, 0.25) is 5.16 Å². The number of rotatable bonds is 8. The first-order valence-electron chi connectivity index (χ1n) is 7.98. The standard InChI is InChI=1S/C16H18FN7S/c1-2-3-10-24-15(20-22-23-24)11-25-16-18-14(19-21-16)9-6-12-4-7-13(17)8-5-12/h4-9H,2-3,10-11H2,1H3,(H,18,19,21)/b9-6+. The quantitative estimate of drug-likeness (QED) is 0.622. The second-order valence-corrected chi connectivity index (χ2v) is 6.29. The van der Waals surface area contributed by atoms with Gasteiger partial charge in [0.05, 0.1) is 5.75 Å². The highest BCUT2D eigenvalue weighted by Gasteiger charge is 2.08. The summed E-state index contributed by atoms with van der Waals surface area (Å²) in [5.41, 5.74) is 0.891. The number of nitrogens with zero attached hydrogens (tertiary/aromatic N) is 6. The fraction of sp³-hybridized carbons (Fsp3) is 0.312. The van der Waals surface area contributed by atoms with E-state index in [4.69, 9.17) is 0 Å². The van der Waals surface area contributed by atoms with Crippen molar-refractivity contribution in [3.63, 3.8) is 0 Å². The monoisotopic (exact) mass is 359 g/mol. The Morgan fingerprint density at radius 2 is 2.08 bits per heavy atom. The smallest absolute Gasteiger partial charge is 0.209 e. The van der Waals surface area contributed by atoms with Gasteiger partial charge in [-0.15, -0.1) is 10.2 Å². The first kappa shape index (κ1) is 17.3. The van der Waals surface area contributed by atoms with Crippen LogP contribution in [0.15, 0.2) is 29.4 Å². The number of aryl methyl sites for hydroxylation is 1. The molecule has 2 aromatic heterocycles. The van der Waals surface area contributed by atoms with Gasteiger partial charge in [0, 0.05) is 6.54 Å². The number of aromatic amines is 1. The van der Waals surface area contributed by atoms with Crippen LogP contribution in [0.4, 0.5) is 4.39 Å². The summed E-state index contributed by atoms with van der Waals surface area (Å²) in [6, 6.07) is 6.25. The van der Waals surface area contributed by atoms with Gasteiger partial charge in [0.25, 0.3) is 0 Å². The van der Waals surface area contributed by atoms with Gasteiger partial charge in [-0.05, 0) is 40.6 Å². The van der Waals surface area contributed by atoms with Crippen molar-refractivity contribution in [1.29, 1.82) is 0 Å². The summed E-state index contributed by atoms with van der Waals surface area (Å²) in [6.07, 6.45) is 5.79. The zero-order valence-electron chi connectivity index (χ0n) is 13.8. The van der Waals surface area contributed by atoms with E-state index in [-0.39, 0.29) is 5.82 Å². The number of nitrogens with one attached hydrogen (secondary N) is 1. The van der Waals surface area contributed by atoms with E-state index >= 15 is 0 Å². The molecule has 25 heavy (non-hydrogen) atoms. The Bertz CT molecular complexity index is 825. The van der Waals surface area contributed by atoms with Crippen LogP contribution in [0.5, 0.6) is 0 Å². The van der Waals surface area contributed by atoms with Crippen molar-refractivity contribution in [3.05, 3.63) is 47.3 Å². The van der Waals surface area contributed by atoms with Crippen LogP contribution in [0.2, 0.25) is 0 Å². The Labute approximate surface area is 148 Å². The molecule has 2 heterocycles. The van der Waals surface area contributed by atoms with Crippen molar-refractivity contribution in [2.45, 2.75) is 37.2 Å². The highest BCUT2D eigenvalue weighted by molar-refractivity contribution is 7.98. The molecule has 0 aliphatic carbocycles. The van der Waals surface area contributed by atoms with E-state index in [1.165, 1.54) is 23.9 Å². The van der Waals surface area contributed by atoms with E-state index in [2.05, 4.69) is 37.6 Å². The van der Waals surface area contributed by atoms with E-state index in [0.29, 0.717) is 16.7 Å². The van der Waals surface area contributed by atoms with Gasteiger partial charge in [-0.2, -0.15) is 0 Å². The Morgan fingerprint density at radius 1 is 1.24 bits per heavy atom. The lowest BCUT2D eigenvalue weighted by molar-refractivity contribution is 0.540. The summed E-state index contributed by atoms with van der Waals surface area (Å²) in [7, 11) is 0. The topological polar surface area (TPSA) is 85.2 Å². The predicted molar refractivity (Wildman–Crippen MR) is 94.0 cm³/mol. The number of hydrogen-bond acceptors (Lipinski definition) is 6. The molecule has 0 bridgehead atoms. The molecule has 0 aliphatic heterocycles. The van der Waals surface area contributed by atoms with Crippen LogP contribution >= 0.6 is 11.8 Å². The molecular weight excluding hydrogens is 341 g/mol. The van der Waals surface area contributed by atoms with Crippen LogP contribution in [0, 0.1) is 5.82 Å². The van der Waals surface area contributed by atoms with E-state index in [1.807, 2.05) is 10.8 Å². The second kappa shape index (κ2) is 8.52. The summed E-state index contributed by atoms with van der Waals surface area (Å²) in [5.74, 6) is 1.80. The molecular formula is C16H18FN7S. The number of halogens is 1. The minimum absolute atomic E-state index is 0.253. The van der Waals surface area contributed by atoms with Gasteiger partial charge >= 0.3 is 0 Å². The van der Waals surface area contributed by atoms with Gasteiger partial charge in [0.1, 0.15) is 11.6 Å². The zero-order valence-corrected chi connectivity index (χ0v) is 14.6. The van der Waals surface area contributed by atoms with E-state index in [0.717, 1.165) is 30.8 Å². The van der Waals surface area contributed by atoms with Gasteiger partial charge in [-0.25, -0.2) is 14.1 Å². The SMILES string of the molecule is CCCCn1nnnc1CSc1n[nH]c(/C=C/c2ccc(F)cc2)n1. The van der Waals surface area contributed by atoms with Gasteiger partial charge < -0.3 is 0 Å². The van der Waals surface area contributed by atoms with E-state index in [9.17, 15) is 4.39 Å². The normalized spacial score (nSPS) is 11.4. The number of H-pyrrole nitrogens is 1. The van der Waals surface area contributed by atoms with Crippen molar-refractivity contribution in [3.8, 4) is 0 Å². The van der Waals surface area contributed by atoms with Gasteiger partial charge in [-0.3, -0.25) is 5.10 Å². The molecule has 9 heteroatoms. The van der Waals surface area contributed by atoms with E-state index in [1.54, 1.807) is 18.2 Å². The largest absolute Gasteiger partial charge is 0.259 e. The number of thioether (sulfide) groups is 1. The first-order chi connectivity index (χ1) is 12.2. The lowest BCUT2D eigenvalue weighted by Gasteiger charge is -2.01. The number of unbranched alkanes of at least 4 members (excludes halogenated alkanes) is 1. The van der Waals surface area contributed by atoms with Crippen LogP contribution in [-0.2, 0) is 12.3 Å². The fourth-order valence-electron chi connectivity index (χ4n) is 2.08. The Kier molecular flexibility index (Phi) is 5.89. The molecule has 0 saturated heterocycles. The summed E-state index contributed by atoms with van der Waals surface area (Å²) >= 11 is 1.47. The number of benzene rings is 1. The zero-order chi connectivity index (χ0) is 17.5. The molecule has 3 aromatic rings. The van der Waals surface area contributed by atoms with Crippen molar-refractivity contribution in [2.24, 2.45) is 0 Å². The summed E-state index contributed by atoms with van der Waals surface area (Å²) in [5, 5.41) is 19.4. The average molecular weight is 359 g/mol. The third-order valence-electron chi connectivity index (χ3n) is 3.45. The maximum atomic E-state index is 12.9. The molecule has 130 valence electrons. The maximum absolute atomic E-state index is 12.9. The van der Waals surface area contributed by atoms with Crippen LogP contribution in [-0.4, -0.2) is 35.4 Å². The molecule has 0 spiro atoms. The number of hydrogen-bond donors (Lipinski definition) is 1. The molecule has 0 amide bonds. The molecule has 0 aliphatic rings. The maximum Gasteiger partial charge on any atom is 0.209 e. The number of aromatic nitrogens is 7. The lowest BCUT2D eigenvalue weighted by Crippen LogP contribution is -2.05. The van der Waals surface area contributed by atoms with Crippen molar-refractivity contribution in [2.75, 3.05) is 0 Å². The average Bonchev–Trinajstić information content (AvgIpc) is 3.26. The minimum atomic E-state index is -0.253. The third kappa shape index (κ3) is 4.96. The van der Waals surface area contributed by atoms with Gasteiger partial charge in [0.15, 0.2) is 5.82 Å². The van der Waals surface area contributed by atoms with Crippen LogP contribution in [0.25, 0.3) is 12.2 Å². The molecule has 3 rings (SSSR count). The Balaban J connectivity index is 1.57. The van der Waals surface area contributed by atoms with Crippen LogP contribution in [0.1, 0.15) is 37.0 Å². The first-order valence-corrected chi connectivity index (χ1v) is 8.97. The molecule has 0 fully saturated rings. The Morgan fingerprint density at radius 3 is 2.88 bits per heavy atom. The highest BCUT2D eigenvalue weighted by atomic mass is 32.2.